The molecule has 0 unspecified atom stereocenters. The Morgan fingerprint density at radius 1 is 1.38 bits per heavy atom. The summed E-state index contributed by atoms with van der Waals surface area (Å²) in [5.74, 6) is -0.375. The number of aromatic nitrogens is 1. The number of carboxylic acid groups (broad SMARTS) is 1. The van der Waals surface area contributed by atoms with Crippen LogP contribution in [0.15, 0.2) is 36.5 Å². The van der Waals surface area contributed by atoms with Crippen molar-refractivity contribution in [3.8, 4) is 17.6 Å². The van der Waals surface area contributed by atoms with Gasteiger partial charge in [-0.1, -0.05) is 0 Å². The number of nitrogens with zero attached hydrogens (tertiary/aromatic N) is 2. The highest BCUT2D eigenvalue weighted by molar-refractivity contribution is 5.91. The van der Waals surface area contributed by atoms with Gasteiger partial charge in [0.2, 0.25) is 0 Å². The summed E-state index contributed by atoms with van der Waals surface area (Å²) >= 11 is 0. The van der Waals surface area contributed by atoms with Gasteiger partial charge in [-0.25, -0.2) is 9.78 Å². The van der Waals surface area contributed by atoms with E-state index < -0.39 is 5.97 Å². The van der Waals surface area contributed by atoms with Crippen LogP contribution in [0.2, 0.25) is 0 Å². The van der Waals surface area contributed by atoms with Crippen molar-refractivity contribution in [3.05, 3.63) is 53.3 Å². The first-order valence-electron chi connectivity index (χ1n) is 6.03. The Hall–Kier alpha value is -3.07. The Bertz CT molecular complexity index is 707. The third kappa shape index (κ3) is 3.48. The lowest BCUT2D eigenvalue weighted by molar-refractivity contribution is 0.0691. The second kappa shape index (κ2) is 6.39. The lowest BCUT2D eigenvalue weighted by Crippen LogP contribution is -2.04. The number of pyridine rings is 1. The summed E-state index contributed by atoms with van der Waals surface area (Å²) in [4.78, 5) is 15.0. The molecule has 6 nitrogen and oxygen atoms in total. The second-order valence-electron chi connectivity index (χ2n) is 4.12. The van der Waals surface area contributed by atoms with Gasteiger partial charge in [-0.05, 0) is 29.8 Å². The fourth-order valence-corrected chi connectivity index (χ4v) is 1.71. The molecule has 1 heterocycles. The third-order valence-electron chi connectivity index (χ3n) is 2.75. The molecule has 0 saturated heterocycles. The summed E-state index contributed by atoms with van der Waals surface area (Å²) in [6.45, 7) is 0.130. The van der Waals surface area contributed by atoms with Crippen LogP contribution in [0, 0.1) is 11.3 Å². The molecule has 0 fully saturated rings. The van der Waals surface area contributed by atoms with Gasteiger partial charge < -0.3 is 14.6 Å². The highest BCUT2D eigenvalue weighted by Crippen LogP contribution is 2.25. The summed E-state index contributed by atoms with van der Waals surface area (Å²) < 4.78 is 10.6. The molecule has 0 atom stereocenters. The minimum Gasteiger partial charge on any atom is -0.497 e. The minimum atomic E-state index is -1.08. The first-order valence-corrected chi connectivity index (χ1v) is 6.03. The number of benzene rings is 1. The smallest absolute Gasteiger partial charge is 0.339 e. The standard InChI is InChI=1S/C15H12N2O4/c1-20-12-2-3-13(15(18)19)14(7-12)21-9-10-4-5-17-11(6-10)8-16/h2-7H,9H2,1H3,(H,18,19). The van der Waals surface area contributed by atoms with Crippen molar-refractivity contribution in [2.75, 3.05) is 7.11 Å². The Kier molecular flexibility index (Phi) is 4.36. The van der Waals surface area contributed by atoms with E-state index in [2.05, 4.69) is 4.98 Å². The zero-order valence-electron chi connectivity index (χ0n) is 11.2. The Morgan fingerprint density at radius 2 is 2.19 bits per heavy atom. The SMILES string of the molecule is COc1ccc(C(=O)O)c(OCc2ccnc(C#N)c2)c1. The van der Waals surface area contributed by atoms with E-state index in [1.54, 1.807) is 18.2 Å². The molecule has 1 aromatic heterocycles. The van der Waals surface area contributed by atoms with Crippen LogP contribution in [0.25, 0.3) is 0 Å². The number of nitriles is 1. The van der Waals surface area contributed by atoms with E-state index in [1.165, 1.54) is 25.4 Å². The van der Waals surface area contributed by atoms with Gasteiger partial charge in [-0.3, -0.25) is 0 Å². The van der Waals surface area contributed by atoms with Crippen molar-refractivity contribution in [3.63, 3.8) is 0 Å². The predicted molar refractivity (Wildman–Crippen MR) is 73.2 cm³/mol. The fraction of sp³-hybridized carbons (Fsp3) is 0.133. The number of aromatic carboxylic acids is 1. The van der Waals surface area contributed by atoms with Gasteiger partial charge in [0.15, 0.2) is 0 Å². The predicted octanol–water partition coefficient (Wildman–Crippen LogP) is 2.24. The van der Waals surface area contributed by atoms with Crippen LogP contribution in [0.3, 0.4) is 0 Å². The van der Waals surface area contributed by atoms with Gasteiger partial charge in [-0.15, -0.1) is 0 Å². The van der Waals surface area contributed by atoms with Gasteiger partial charge in [0.25, 0.3) is 0 Å². The molecular formula is C15H12N2O4. The van der Waals surface area contributed by atoms with E-state index >= 15 is 0 Å². The summed E-state index contributed by atoms with van der Waals surface area (Å²) in [6, 6.07) is 9.69. The average Bonchev–Trinajstić information content (AvgIpc) is 2.52. The van der Waals surface area contributed by atoms with Crippen molar-refractivity contribution in [1.82, 2.24) is 4.98 Å². The number of hydrogen-bond acceptors (Lipinski definition) is 5. The Balaban J connectivity index is 2.22. The molecule has 0 radical (unpaired) electrons. The molecule has 0 spiro atoms. The maximum absolute atomic E-state index is 11.2. The van der Waals surface area contributed by atoms with Gasteiger partial charge in [0.05, 0.1) is 7.11 Å². The third-order valence-corrected chi connectivity index (χ3v) is 2.75. The Morgan fingerprint density at radius 3 is 2.86 bits per heavy atom. The number of methoxy groups -OCH3 is 1. The maximum atomic E-state index is 11.2. The molecule has 0 aliphatic carbocycles. The fourth-order valence-electron chi connectivity index (χ4n) is 1.71. The van der Waals surface area contributed by atoms with Crippen molar-refractivity contribution in [2.24, 2.45) is 0 Å². The topological polar surface area (TPSA) is 92.4 Å². The van der Waals surface area contributed by atoms with Crippen molar-refractivity contribution in [1.29, 1.82) is 5.26 Å². The van der Waals surface area contributed by atoms with Crippen LogP contribution in [0.4, 0.5) is 0 Å². The summed E-state index contributed by atoms with van der Waals surface area (Å²) in [5.41, 5.74) is 1.05. The molecule has 21 heavy (non-hydrogen) atoms. The summed E-state index contributed by atoms with van der Waals surface area (Å²) in [6.07, 6.45) is 1.50. The zero-order valence-corrected chi connectivity index (χ0v) is 11.2. The van der Waals surface area contributed by atoms with E-state index in [4.69, 9.17) is 19.8 Å². The first kappa shape index (κ1) is 14.3. The molecule has 6 heteroatoms. The summed E-state index contributed by atoms with van der Waals surface area (Å²) in [7, 11) is 1.49. The van der Waals surface area contributed by atoms with Gasteiger partial charge >= 0.3 is 5.97 Å². The van der Waals surface area contributed by atoms with Crippen LogP contribution >= 0.6 is 0 Å². The highest BCUT2D eigenvalue weighted by Gasteiger charge is 2.12. The molecule has 1 N–H and O–H groups in total. The van der Waals surface area contributed by atoms with Crippen LogP contribution in [0.5, 0.6) is 11.5 Å². The van der Waals surface area contributed by atoms with E-state index in [0.717, 1.165) is 5.56 Å². The normalized spacial score (nSPS) is 9.71. The molecule has 1 aromatic carbocycles. The van der Waals surface area contributed by atoms with E-state index in [9.17, 15) is 4.79 Å². The van der Waals surface area contributed by atoms with Crippen LogP contribution in [-0.2, 0) is 6.61 Å². The van der Waals surface area contributed by atoms with Gasteiger partial charge in [0, 0.05) is 12.3 Å². The Labute approximate surface area is 121 Å². The maximum Gasteiger partial charge on any atom is 0.339 e. The number of hydrogen-bond donors (Lipinski definition) is 1. The number of ether oxygens (including phenoxy) is 2. The van der Waals surface area contributed by atoms with Crippen molar-refractivity contribution < 1.29 is 19.4 Å². The molecular weight excluding hydrogens is 272 g/mol. The average molecular weight is 284 g/mol. The second-order valence-corrected chi connectivity index (χ2v) is 4.12. The van der Waals surface area contributed by atoms with Gasteiger partial charge in [-0.2, -0.15) is 5.26 Å². The number of rotatable bonds is 5. The molecule has 2 rings (SSSR count). The molecule has 0 bridgehead atoms. The largest absolute Gasteiger partial charge is 0.497 e. The number of carbonyl (C=O) groups is 1. The lowest BCUT2D eigenvalue weighted by atomic mass is 10.2. The molecule has 0 aliphatic rings. The van der Waals surface area contributed by atoms with Gasteiger partial charge in [0.1, 0.15) is 35.4 Å². The molecule has 0 amide bonds. The lowest BCUT2D eigenvalue weighted by Gasteiger charge is -2.11. The van der Waals surface area contributed by atoms with E-state index in [0.29, 0.717) is 5.75 Å². The molecule has 0 saturated carbocycles. The monoisotopic (exact) mass is 284 g/mol. The van der Waals surface area contributed by atoms with Crippen molar-refractivity contribution in [2.45, 2.75) is 6.61 Å². The highest BCUT2D eigenvalue weighted by atomic mass is 16.5. The zero-order chi connectivity index (χ0) is 15.2. The van der Waals surface area contributed by atoms with E-state index in [1.807, 2.05) is 6.07 Å². The first-order chi connectivity index (χ1) is 10.1. The van der Waals surface area contributed by atoms with Crippen LogP contribution in [-0.4, -0.2) is 23.2 Å². The minimum absolute atomic E-state index is 0.0466. The molecule has 106 valence electrons. The van der Waals surface area contributed by atoms with Crippen LogP contribution < -0.4 is 9.47 Å². The van der Waals surface area contributed by atoms with Crippen molar-refractivity contribution >= 4 is 5.97 Å². The van der Waals surface area contributed by atoms with E-state index in [-0.39, 0.29) is 23.6 Å². The molecule has 0 aliphatic heterocycles. The van der Waals surface area contributed by atoms with Crippen LogP contribution in [0.1, 0.15) is 21.6 Å². The quantitative estimate of drug-likeness (QED) is 0.905. The summed E-state index contributed by atoms with van der Waals surface area (Å²) in [5, 5.41) is 17.9. The molecule has 2 aromatic rings. The number of carboxylic acids is 1.